The topological polar surface area (TPSA) is 60.7 Å². The Kier molecular flexibility index (Phi) is 26.5. The number of hydrogen-bond acceptors (Lipinski definition) is 3. The van der Waals surface area contributed by atoms with E-state index in [9.17, 15) is 0 Å². The number of rotatable bonds is 0. The zero-order valence-corrected chi connectivity index (χ0v) is 8.33. The minimum absolute atomic E-state index is 0. The Morgan fingerprint density at radius 1 is 1.17 bits per heavy atom. The molecule has 3 nitrogen and oxygen atoms in total. The molecule has 0 amide bonds. The van der Waals surface area contributed by atoms with E-state index < -0.39 is 7.32 Å². The minimum atomic E-state index is -2.17. The van der Waals surface area contributed by atoms with Gasteiger partial charge in [-0.1, -0.05) is 0 Å². The maximum absolute atomic E-state index is 7.17. The van der Waals surface area contributed by atoms with Crippen LogP contribution in [0.15, 0.2) is 0 Å². The van der Waals surface area contributed by atoms with Crippen molar-refractivity contribution in [2.45, 2.75) is 0 Å². The van der Waals surface area contributed by atoms with Gasteiger partial charge >= 0.3 is 36.9 Å². The average molecular weight is 175 g/mol. The van der Waals surface area contributed by atoms with Gasteiger partial charge in [-0.25, -0.2) is 0 Å². The molecule has 0 aromatic heterocycles. The Hall–Kier alpha value is 2.05. The third kappa shape index (κ3) is 36.7. The van der Waals surface area contributed by atoms with E-state index in [1.165, 1.54) is 0 Å². The normalized spacial score (nSPS) is 4.50. The predicted octanol–water partition coefficient (Wildman–Crippen LogP) is -4.94. The molecule has 0 fully saturated rings. The van der Waals surface area contributed by atoms with Crippen LogP contribution in [0, 0.1) is 0 Å². The van der Waals surface area contributed by atoms with Crippen LogP contribution < -0.4 is 29.6 Å². The van der Waals surface area contributed by atoms with Crippen molar-refractivity contribution >= 4 is 7.32 Å². The summed E-state index contributed by atoms with van der Waals surface area (Å²) in [7, 11) is -2.17. The number of hydrogen-bond donors (Lipinski definition) is 3. The van der Waals surface area contributed by atoms with Crippen molar-refractivity contribution in [3.8, 4) is 0 Å². The van der Waals surface area contributed by atoms with E-state index in [-0.39, 0.29) is 63.7 Å². The molecule has 6 heavy (non-hydrogen) atoms. The van der Waals surface area contributed by atoms with Crippen molar-refractivity contribution in [1.29, 1.82) is 0 Å². The van der Waals surface area contributed by atoms with Gasteiger partial charge in [0, 0.05) is 32.7 Å². The summed E-state index contributed by atoms with van der Waals surface area (Å²) in [5, 5.41) is 21.5. The molecule has 0 atom stereocenters. The molecule has 0 aliphatic heterocycles. The van der Waals surface area contributed by atoms with Gasteiger partial charge in [-0.3, -0.25) is 0 Å². The van der Waals surface area contributed by atoms with Crippen molar-refractivity contribution in [2.24, 2.45) is 0 Å². The molecule has 3 N–H and O–H groups in total. The van der Waals surface area contributed by atoms with Crippen LogP contribution in [0.4, 0.5) is 0 Å². The molecule has 0 saturated carbocycles. The molecule has 0 heterocycles. The van der Waals surface area contributed by atoms with Gasteiger partial charge in [0.15, 0.2) is 0 Å². The molecule has 29 valence electrons. The summed E-state index contributed by atoms with van der Waals surface area (Å²) in [6, 6.07) is 0. The van der Waals surface area contributed by atoms with Crippen LogP contribution in [0.5, 0.6) is 0 Å². The standard InChI is InChI=1S/BH3O3.Na.Y.H/c2-1(3)4;;;/h2-4H;;;/q;+1;;-1. The molecular formula is H4BNaO3Y. The second kappa shape index (κ2) is 10.1. The Morgan fingerprint density at radius 2 is 1.17 bits per heavy atom. The van der Waals surface area contributed by atoms with Crippen LogP contribution in [0.1, 0.15) is 1.43 Å². The maximum atomic E-state index is 7.17. The van der Waals surface area contributed by atoms with E-state index >= 15 is 0 Å². The fourth-order valence-electron chi connectivity index (χ4n) is 0. The van der Waals surface area contributed by atoms with E-state index in [1.54, 1.807) is 0 Å². The Labute approximate surface area is 85.0 Å². The van der Waals surface area contributed by atoms with Crippen LogP contribution >= 0.6 is 0 Å². The average Bonchev–Trinajstić information content (AvgIpc) is 0.811. The summed E-state index contributed by atoms with van der Waals surface area (Å²) >= 11 is 0. The van der Waals surface area contributed by atoms with Gasteiger partial charge in [-0.2, -0.15) is 0 Å². The predicted molar refractivity (Wildman–Crippen MR) is 13.5 cm³/mol. The van der Waals surface area contributed by atoms with Gasteiger partial charge in [-0.05, 0) is 0 Å². The first-order valence-electron chi connectivity index (χ1n) is 0.775. The van der Waals surface area contributed by atoms with E-state index in [4.69, 9.17) is 15.1 Å². The molecular weight excluding hydrogens is 171 g/mol. The van der Waals surface area contributed by atoms with Crippen LogP contribution in [-0.2, 0) is 32.7 Å². The van der Waals surface area contributed by atoms with Gasteiger partial charge < -0.3 is 16.5 Å². The van der Waals surface area contributed by atoms with Crippen molar-refractivity contribution < 1.29 is 78.8 Å². The molecule has 0 aromatic carbocycles. The van der Waals surface area contributed by atoms with Crippen molar-refractivity contribution in [3.05, 3.63) is 0 Å². The molecule has 0 aliphatic rings. The van der Waals surface area contributed by atoms with Crippen LogP contribution in [0.2, 0.25) is 0 Å². The fourth-order valence-corrected chi connectivity index (χ4v) is 0. The third-order valence-electron chi connectivity index (χ3n) is 0. The van der Waals surface area contributed by atoms with Gasteiger partial charge in [0.1, 0.15) is 0 Å². The fraction of sp³-hybridized carbons (Fsp3) is 0. The first kappa shape index (κ1) is 15.7. The van der Waals surface area contributed by atoms with E-state index in [1.807, 2.05) is 0 Å². The van der Waals surface area contributed by atoms with E-state index in [2.05, 4.69) is 0 Å². The van der Waals surface area contributed by atoms with Gasteiger partial charge in [0.25, 0.3) is 0 Å². The zero-order valence-electron chi connectivity index (χ0n) is 4.50. The largest absolute Gasteiger partial charge is 1.00 e. The Morgan fingerprint density at radius 3 is 1.17 bits per heavy atom. The molecule has 1 radical (unpaired) electrons. The quantitative estimate of drug-likeness (QED) is 0.323. The molecule has 0 unspecified atom stereocenters. The van der Waals surface area contributed by atoms with E-state index in [0.717, 1.165) is 0 Å². The minimum Gasteiger partial charge on any atom is -1.00 e. The van der Waals surface area contributed by atoms with Crippen LogP contribution in [0.25, 0.3) is 0 Å². The first-order valence-corrected chi connectivity index (χ1v) is 0.775. The molecule has 0 saturated heterocycles. The molecule has 0 aliphatic carbocycles. The van der Waals surface area contributed by atoms with Crippen molar-refractivity contribution in [1.82, 2.24) is 0 Å². The Bertz CT molecular complexity index is 19.7. The van der Waals surface area contributed by atoms with Gasteiger partial charge in [-0.15, -0.1) is 0 Å². The monoisotopic (exact) mass is 175 g/mol. The van der Waals surface area contributed by atoms with Crippen LogP contribution in [0.3, 0.4) is 0 Å². The summed E-state index contributed by atoms with van der Waals surface area (Å²) in [6.07, 6.45) is 0. The summed E-state index contributed by atoms with van der Waals surface area (Å²) in [6.45, 7) is 0. The second-order valence-electron chi connectivity index (χ2n) is 0.346. The molecule has 0 rings (SSSR count). The summed E-state index contributed by atoms with van der Waals surface area (Å²) in [5.74, 6) is 0. The molecule has 6 heteroatoms. The van der Waals surface area contributed by atoms with Crippen molar-refractivity contribution in [3.63, 3.8) is 0 Å². The summed E-state index contributed by atoms with van der Waals surface area (Å²) in [5.41, 5.74) is 0. The smallest absolute Gasteiger partial charge is 1.00 e. The van der Waals surface area contributed by atoms with Gasteiger partial charge in [0.2, 0.25) is 0 Å². The molecule has 0 bridgehead atoms. The first-order chi connectivity index (χ1) is 1.73. The zero-order chi connectivity index (χ0) is 3.58. The molecule has 0 aromatic rings. The second-order valence-corrected chi connectivity index (χ2v) is 0.346. The van der Waals surface area contributed by atoms with Crippen LogP contribution in [-0.4, -0.2) is 22.4 Å². The van der Waals surface area contributed by atoms with E-state index in [0.29, 0.717) is 0 Å². The third-order valence-corrected chi connectivity index (χ3v) is 0. The molecule has 0 spiro atoms. The van der Waals surface area contributed by atoms with Crippen molar-refractivity contribution in [2.75, 3.05) is 0 Å². The summed E-state index contributed by atoms with van der Waals surface area (Å²) in [4.78, 5) is 0. The maximum Gasteiger partial charge on any atom is 1.00 e. The summed E-state index contributed by atoms with van der Waals surface area (Å²) < 4.78 is 0. The Balaban J connectivity index is -0.0000000150. The SMILES string of the molecule is OB(O)O.[H-].[Na+].[Y]. The van der Waals surface area contributed by atoms with Gasteiger partial charge in [0.05, 0.1) is 0 Å².